The average Bonchev–Trinajstić information content (AvgIpc) is 3.18. The van der Waals surface area contributed by atoms with Crippen molar-refractivity contribution >= 4 is 28.8 Å². The third-order valence-corrected chi connectivity index (χ3v) is 4.55. The molecule has 118 valence electrons. The summed E-state index contributed by atoms with van der Waals surface area (Å²) in [6.45, 7) is 0. The van der Waals surface area contributed by atoms with Crippen LogP contribution in [0.3, 0.4) is 0 Å². The van der Waals surface area contributed by atoms with Crippen LogP contribution in [0.1, 0.15) is 23.0 Å². The van der Waals surface area contributed by atoms with E-state index in [0.29, 0.717) is 11.4 Å². The van der Waals surface area contributed by atoms with Gasteiger partial charge in [-0.15, -0.1) is 0 Å². The van der Waals surface area contributed by atoms with E-state index in [1.54, 1.807) is 17.5 Å². The number of hydrogen-bond donors (Lipinski definition) is 1. The van der Waals surface area contributed by atoms with Crippen molar-refractivity contribution in [3.63, 3.8) is 0 Å². The van der Waals surface area contributed by atoms with Gasteiger partial charge in [-0.2, -0.15) is 11.3 Å². The van der Waals surface area contributed by atoms with Gasteiger partial charge in [0.1, 0.15) is 11.9 Å². The van der Waals surface area contributed by atoms with Crippen LogP contribution in [0, 0.1) is 0 Å². The van der Waals surface area contributed by atoms with Crippen LogP contribution in [-0.2, 0) is 18.3 Å². The third kappa shape index (κ3) is 3.81. The SMILES string of the molecule is Cn1ccnc1[C@H](NC(=O)Cc1ccsc1)c1ccc(Cl)cc1. The van der Waals surface area contributed by atoms with Crippen molar-refractivity contribution < 1.29 is 4.79 Å². The van der Waals surface area contributed by atoms with E-state index < -0.39 is 0 Å². The van der Waals surface area contributed by atoms with Crippen LogP contribution in [-0.4, -0.2) is 15.5 Å². The Morgan fingerprint density at radius 3 is 2.74 bits per heavy atom. The molecule has 1 aromatic carbocycles. The van der Waals surface area contributed by atoms with Gasteiger partial charge in [0.25, 0.3) is 0 Å². The number of nitrogens with zero attached hydrogens (tertiary/aromatic N) is 2. The van der Waals surface area contributed by atoms with Crippen molar-refractivity contribution in [1.82, 2.24) is 14.9 Å². The van der Waals surface area contributed by atoms with E-state index >= 15 is 0 Å². The van der Waals surface area contributed by atoms with Crippen LogP contribution in [0.15, 0.2) is 53.5 Å². The van der Waals surface area contributed by atoms with E-state index in [1.807, 2.05) is 58.9 Å². The minimum atomic E-state index is -0.307. The molecule has 6 heteroatoms. The molecule has 2 aromatic heterocycles. The lowest BCUT2D eigenvalue weighted by atomic mass is 10.1. The fourth-order valence-corrected chi connectivity index (χ4v) is 3.19. The van der Waals surface area contributed by atoms with E-state index in [2.05, 4.69) is 10.3 Å². The highest BCUT2D eigenvalue weighted by Crippen LogP contribution is 2.22. The molecule has 3 aromatic rings. The van der Waals surface area contributed by atoms with E-state index in [9.17, 15) is 4.79 Å². The summed E-state index contributed by atoms with van der Waals surface area (Å²) in [6, 6.07) is 9.11. The van der Waals surface area contributed by atoms with Crippen molar-refractivity contribution in [2.24, 2.45) is 7.05 Å². The molecule has 0 aliphatic heterocycles. The summed E-state index contributed by atoms with van der Waals surface area (Å²) < 4.78 is 1.91. The Kier molecular flexibility index (Phi) is 4.79. The van der Waals surface area contributed by atoms with Gasteiger partial charge in [-0.25, -0.2) is 4.98 Å². The standard InChI is InChI=1S/C17H16ClN3OS/c1-21-8-7-19-17(21)16(13-2-4-14(18)5-3-13)20-15(22)10-12-6-9-23-11-12/h2-9,11,16H,10H2,1H3,(H,20,22)/t16-/m1/s1. The molecule has 0 aliphatic carbocycles. The molecule has 0 saturated heterocycles. The number of imidazole rings is 1. The lowest BCUT2D eigenvalue weighted by Gasteiger charge is -2.19. The number of benzene rings is 1. The molecule has 0 saturated carbocycles. The van der Waals surface area contributed by atoms with Crippen LogP contribution in [0.5, 0.6) is 0 Å². The van der Waals surface area contributed by atoms with Crippen LogP contribution >= 0.6 is 22.9 Å². The van der Waals surface area contributed by atoms with Gasteiger partial charge in [0.2, 0.25) is 5.91 Å². The first-order chi connectivity index (χ1) is 11.1. The minimum absolute atomic E-state index is 0.0358. The van der Waals surface area contributed by atoms with E-state index in [1.165, 1.54) is 0 Å². The predicted molar refractivity (Wildman–Crippen MR) is 92.7 cm³/mol. The van der Waals surface area contributed by atoms with Gasteiger partial charge >= 0.3 is 0 Å². The molecule has 3 rings (SSSR count). The lowest BCUT2D eigenvalue weighted by Crippen LogP contribution is -2.32. The topological polar surface area (TPSA) is 46.9 Å². The maximum absolute atomic E-state index is 12.4. The normalized spacial score (nSPS) is 12.1. The van der Waals surface area contributed by atoms with Crippen molar-refractivity contribution in [1.29, 1.82) is 0 Å². The number of carbonyl (C=O) groups excluding carboxylic acids is 1. The summed E-state index contributed by atoms with van der Waals surface area (Å²) >= 11 is 7.55. The number of hydrogen-bond acceptors (Lipinski definition) is 3. The summed E-state index contributed by atoms with van der Waals surface area (Å²) in [5.41, 5.74) is 1.96. The van der Waals surface area contributed by atoms with Gasteiger partial charge in [0.05, 0.1) is 6.42 Å². The highest BCUT2D eigenvalue weighted by Gasteiger charge is 2.20. The number of amides is 1. The van der Waals surface area contributed by atoms with Crippen molar-refractivity contribution in [2.45, 2.75) is 12.5 Å². The zero-order valence-corrected chi connectivity index (χ0v) is 14.1. The Morgan fingerprint density at radius 1 is 1.35 bits per heavy atom. The number of aromatic nitrogens is 2. The summed E-state index contributed by atoms with van der Waals surface area (Å²) in [6.07, 6.45) is 3.95. The maximum Gasteiger partial charge on any atom is 0.225 e. The lowest BCUT2D eigenvalue weighted by molar-refractivity contribution is -0.121. The first-order valence-electron chi connectivity index (χ1n) is 7.16. The van der Waals surface area contributed by atoms with E-state index in [4.69, 9.17) is 11.6 Å². The third-order valence-electron chi connectivity index (χ3n) is 3.57. The molecule has 1 atom stereocenters. The number of nitrogens with one attached hydrogen (secondary N) is 1. The molecule has 0 unspecified atom stereocenters. The Bertz CT molecular complexity index is 781. The number of carbonyl (C=O) groups is 1. The number of aryl methyl sites for hydroxylation is 1. The molecule has 4 nitrogen and oxygen atoms in total. The Hall–Kier alpha value is -2.11. The largest absolute Gasteiger partial charge is 0.342 e. The number of halogens is 1. The van der Waals surface area contributed by atoms with Gasteiger partial charge in [-0.3, -0.25) is 4.79 Å². The molecular weight excluding hydrogens is 330 g/mol. The van der Waals surface area contributed by atoms with E-state index in [-0.39, 0.29) is 11.9 Å². The average molecular weight is 346 g/mol. The van der Waals surface area contributed by atoms with E-state index in [0.717, 1.165) is 17.0 Å². The van der Waals surface area contributed by atoms with Crippen molar-refractivity contribution in [2.75, 3.05) is 0 Å². The fraction of sp³-hybridized carbons (Fsp3) is 0.176. The molecule has 0 spiro atoms. The number of rotatable bonds is 5. The van der Waals surface area contributed by atoms with Crippen molar-refractivity contribution in [3.05, 3.63) is 75.5 Å². The predicted octanol–water partition coefficient (Wildman–Crippen LogP) is 3.58. The van der Waals surface area contributed by atoms with Gasteiger partial charge in [-0.05, 0) is 40.1 Å². The Labute approximate surface area is 143 Å². The zero-order chi connectivity index (χ0) is 16.2. The maximum atomic E-state index is 12.4. The first-order valence-corrected chi connectivity index (χ1v) is 8.48. The second kappa shape index (κ2) is 6.98. The molecular formula is C17H16ClN3OS. The summed E-state index contributed by atoms with van der Waals surface area (Å²) in [5, 5.41) is 7.69. The van der Waals surface area contributed by atoms with Crippen LogP contribution in [0.4, 0.5) is 0 Å². The van der Waals surface area contributed by atoms with Crippen molar-refractivity contribution in [3.8, 4) is 0 Å². The molecule has 1 amide bonds. The molecule has 1 N–H and O–H groups in total. The number of thiophene rings is 1. The van der Waals surface area contributed by atoms with Gasteiger partial charge < -0.3 is 9.88 Å². The minimum Gasteiger partial charge on any atom is -0.342 e. The van der Waals surface area contributed by atoms with Gasteiger partial charge in [0, 0.05) is 24.5 Å². The Balaban J connectivity index is 1.85. The molecule has 23 heavy (non-hydrogen) atoms. The molecule has 0 bridgehead atoms. The highest BCUT2D eigenvalue weighted by atomic mass is 35.5. The van der Waals surface area contributed by atoms with Crippen LogP contribution < -0.4 is 5.32 Å². The smallest absolute Gasteiger partial charge is 0.225 e. The fourth-order valence-electron chi connectivity index (χ4n) is 2.40. The van der Waals surface area contributed by atoms with Gasteiger partial charge in [0.15, 0.2) is 0 Å². The second-order valence-electron chi connectivity index (χ2n) is 5.26. The first kappa shape index (κ1) is 15.8. The van der Waals surface area contributed by atoms with Crippen LogP contribution in [0.25, 0.3) is 0 Å². The summed E-state index contributed by atoms with van der Waals surface area (Å²) in [5.74, 6) is 0.748. The second-order valence-corrected chi connectivity index (χ2v) is 6.47. The summed E-state index contributed by atoms with van der Waals surface area (Å²) in [4.78, 5) is 16.8. The molecule has 0 aliphatic rings. The summed E-state index contributed by atoms with van der Waals surface area (Å²) in [7, 11) is 1.91. The Morgan fingerprint density at radius 2 is 2.13 bits per heavy atom. The quantitative estimate of drug-likeness (QED) is 0.768. The molecule has 2 heterocycles. The van der Waals surface area contributed by atoms with Crippen LogP contribution in [0.2, 0.25) is 5.02 Å². The highest BCUT2D eigenvalue weighted by molar-refractivity contribution is 7.08. The zero-order valence-electron chi connectivity index (χ0n) is 12.6. The van der Waals surface area contributed by atoms with Gasteiger partial charge in [-0.1, -0.05) is 23.7 Å². The molecule has 0 radical (unpaired) electrons. The molecule has 0 fully saturated rings. The monoisotopic (exact) mass is 345 g/mol.